The molecule has 5 rings (SSSR count). The quantitative estimate of drug-likeness (QED) is 0.522. The van der Waals surface area contributed by atoms with E-state index in [-0.39, 0.29) is 24.1 Å². The predicted octanol–water partition coefficient (Wildman–Crippen LogP) is 4.19. The average molecular weight is 500 g/mol. The summed E-state index contributed by atoms with van der Waals surface area (Å²) < 4.78 is 19.5. The number of hydrogen-bond donors (Lipinski definition) is 1. The maximum absolute atomic E-state index is 14.4. The van der Waals surface area contributed by atoms with Crippen LogP contribution in [-0.4, -0.2) is 35.4 Å². The Labute approximate surface area is 214 Å². The summed E-state index contributed by atoms with van der Waals surface area (Å²) in [5.74, 6) is -0.544. The first-order valence-electron chi connectivity index (χ1n) is 12.1. The molecule has 37 heavy (non-hydrogen) atoms. The van der Waals surface area contributed by atoms with E-state index in [9.17, 15) is 19.2 Å². The van der Waals surface area contributed by atoms with Crippen LogP contribution in [0.3, 0.4) is 0 Å². The van der Waals surface area contributed by atoms with Gasteiger partial charge < -0.3 is 15.0 Å². The number of anilines is 1. The molecule has 8 nitrogen and oxygen atoms in total. The van der Waals surface area contributed by atoms with E-state index in [2.05, 4.69) is 21.4 Å². The van der Waals surface area contributed by atoms with Crippen molar-refractivity contribution in [2.45, 2.75) is 32.7 Å². The van der Waals surface area contributed by atoms with Crippen molar-refractivity contribution in [1.29, 1.82) is 5.26 Å². The maximum Gasteiger partial charge on any atom is 0.270 e. The summed E-state index contributed by atoms with van der Waals surface area (Å²) in [6, 6.07) is 13.6. The molecule has 1 aromatic carbocycles. The fourth-order valence-electron chi connectivity index (χ4n) is 4.95. The summed E-state index contributed by atoms with van der Waals surface area (Å²) in [6.45, 7) is 2.26. The lowest BCUT2D eigenvalue weighted by Gasteiger charge is -2.21. The van der Waals surface area contributed by atoms with Gasteiger partial charge >= 0.3 is 0 Å². The van der Waals surface area contributed by atoms with Crippen LogP contribution in [0.5, 0.6) is 5.88 Å². The van der Waals surface area contributed by atoms with Gasteiger partial charge in [0.2, 0.25) is 11.8 Å². The molecule has 2 fully saturated rings. The Morgan fingerprint density at radius 3 is 2.78 bits per heavy atom. The molecular formula is C28H26FN5O3. The van der Waals surface area contributed by atoms with Gasteiger partial charge in [0.25, 0.3) is 5.91 Å². The lowest BCUT2D eigenvalue weighted by Crippen LogP contribution is -2.35. The molecule has 1 saturated heterocycles. The van der Waals surface area contributed by atoms with Crippen molar-refractivity contribution in [1.82, 2.24) is 15.3 Å². The number of aryl methyl sites for hydroxylation is 1. The Balaban J connectivity index is 1.33. The number of amides is 2. The molecule has 3 aromatic rings. The van der Waals surface area contributed by atoms with Crippen LogP contribution in [0, 0.1) is 35.4 Å². The zero-order chi connectivity index (χ0) is 26.2. The van der Waals surface area contributed by atoms with E-state index in [1.165, 1.54) is 19.2 Å². The van der Waals surface area contributed by atoms with Gasteiger partial charge in [-0.25, -0.2) is 14.4 Å². The van der Waals surface area contributed by atoms with E-state index in [1.54, 1.807) is 48.4 Å². The van der Waals surface area contributed by atoms with Crippen LogP contribution in [0.4, 0.5) is 10.1 Å². The van der Waals surface area contributed by atoms with E-state index in [4.69, 9.17) is 4.74 Å². The van der Waals surface area contributed by atoms with Crippen LogP contribution in [0.25, 0.3) is 11.1 Å². The van der Waals surface area contributed by atoms with Crippen molar-refractivity contribution >= 4 is 17.5 Å². The van der Waals surface area contributed by atoms with E-state index in [0.717, 1.165) is 18.4 Å². The number of aromatic nitrogens is 2. The van der Waals surface area contributed by atoms with Crippen molar-refractivity contribution in [3.8, 4) is 23.1 Å². The molecule has 188 valence electrons. The number of halogens is 1. The Kier molecular flexibility index (Phi) is 6.34. The molecular weight excluding hydrogens is 473 g/mol. The molecule has 9 heteroatoms. The van der Waals surface area contributed by atoms with Crippen molar-refractivity contribution in [3.05, 3.63) is 71.4 Å². The summed E-state index contributed by atoms with van der Waals surface area (Å²) in [5, 5.41) is 12.6. The highest BCUT2D eigenvalue weighted by Crippen LogP contribution is 2.51. The van der Waals surface area contributed by atoms with Gasteiger partial charge in [0.15, 0.2) is 0 Å². The van der Waals surface area contributed by atoms with Crippen molar-refractivity contribution < 1.29 is 18.7 Å². The molecule has 0 radical (unpaired) electrons. The zero-order valence-electron chi connectivity index (χ0n) is 20.6. The van der Waals surface area contributed by atoms with E-state index in [0.29, 0.717) is 41.4 Å². The number of ether oxygens (including phenoxy) is 1. The minimum absolute atomic E-state index is 0.0820. The summed E-state index contributed by atoms with van der Waals surface area (Å²) in [7, 11) is 1.51. The molecule has 2 aliphatic rings. The first-order valence-corrected chi connectivity index (χ1v) is 12.1. The predicted molar refractivity (Wildman–Crippen MR) is 134 cm³/mol. The number of pyridine rings is 2. The number of nitriles is 1. The van der Waals surface area contributed by atoms with Gasteiger partial charge in [0.1, 0.15) is 16.9 Å². The van der Waals surface area contributed by atoms with Gasteiger partial charge in [-0.15, -0.1) is 0 Å². The van der Waals surface area contributed by atoms with Crippen LogP contribution in [0.1, 0.15) is 41.0 Å². The molecule has 1 aliphatic heterocycles. The number of carbonyl (C=O) groups excluding carboxylic acids is 2. The van der Waals surface area contributed by atoms with E-state index < -0.39 is 17.1 Å². The van der Waals surface area contributed by atoms with Crippen molar-refractivity contribution in [2.75, 3.05) is 18.6 Å². The molecule has 0 bridgehead atoms. The minimum Gasteiger partial charge on any atom is -0.481 e. The number of nitrogens with one attached hydrogen (secondary N) is 1. The standard InChI is InChI=1S/C28H26FN5O3/c1-17-9-23(34-8-6-28(16-30,27(34)36)21-3-4-21)14-24(33-17)26(35)32-15-18-10-20(12-22(29)11-18)19-5-7-31-25(13-19)37-2/h5,7,9-14,21H,3-4,6,8,15H2,1-2H3,(H,32,35)/t28-/m1/s1. The lowest BCUT2D eigenvalue weighted by atomic mass is 9.83. The molecule has 1 saturated carbocycles. The van der Waals surface area contributed by atoms with E-state index >= 15 is 0 Å². The third kappa shape index (κ3) is 4.75. The van der Waals surface area contributed by atoms with Crippen LogP contribution in [0.15, 0.2) is 48.7 Å². The molecule has 1 N–H and O–H groups in total. The van der Waals surface area contributed by atoms with Crippen LogP contribution >= 0.6 is 0 Å². The highest BCUT2D eigenvalue weighted by Gasteiger charge is 2.56. The van der Waals surface area contributed by atoms with Crippen molar-refractivity contribution in [2.24, 2.45) is 11.3 Å². The normalized spacial score (nSPS) is 19.0. The first-order chi connectivity index (χ1) is 17.8. The van der Waals surface area contributed by atoms with Crippen LogP contribution in [-0.2, 0) is 11.3 Å². The first kappa shape index (κ1) is 24.4. The molecule has 2 amide bonds. The number of hydrogen-bond acceptors (Lipinski definition) is 6. The SMILES string of the molecule is COc1cc(-c2cc(F)cc(CNC(=O)c3cc(N4CC[C@@](C#N)(C5CC5)C4=O)cc(C)n3)c2)ccn1. The smallest absolute Gasteiger partial charge is 0.270 e. The average Bonchev–Trinajstić information content (AvgIpc) is 3.70. The monoisotopic (exact) mass is 499 g/mol. The van der Waals surface area contributed by atoms with Gasteiger partial charge in [-0.3, -0.25) is 9.59 Å². The van der Waals surface area contributed by atoms with Gasteiger partial charge in [-0.2, -0.15) is 5.26 Å². The highest BCUT2D eigenvalue weighted by molar-refractivity contribution is 6.03. The Morgan fingerprint density at radius 1 is 1.24 bits per heavy atom. The summed E-state index contributed by atoms with van der Waals surface area (Å²) >= 11 is 0. The third-order valence-corrected chi connectivity index (χ3v) is 7.00. The zero-order valence-corrected chi connectivity index (χ0v) is 20.6. The number of benzene rings is 1. The lowest BCUT2D eigenvalue weighted by molar-refractivity contribution is -0.123. The molecule has 2 aromatic heterocycles. The topological polar surface area (TPSA) is 108 Å². The molecule has 0 spiro atoms. The van der Waals surface area contributed by atoms with Crippen molar-refractivity contribution in [3.63, 3.8) is 0 Å². The third-order valence-electron chi connectivity index (χ3n) is 7.00. The van der Waals surface area contributed by atoms with E-state index in [1.807, 2.05) is 0 Å². The van der Waals surface area contributed by atoms with Crippen LogP contribution in [0.2, 0.25) is 0 Å². The second-order valence-corrected chi connectivity index (χ2v) is 9.53. The highest BCUT2D eigenvalue weighted by atomic mass is 19.1. The van der Waals surface area contributed by atoms with Gasteiger partial charge in [-0.1, -0.05) is 0 Å². The van der Waals surface area contributed by atoms with Gasteiger partial charge in [0.05, 0.1) is 13.2 Å². The summed E-state index contributed by atoms with van der Waals surface area (Å²) in [4.78, 5) is 36.2. The maximum atomic E-state index is 14.4. The second-order valence-electron chi connectivity index (χ2n) is 9.53. The van der Waals surface area contributed by atoms with Gasteiger partial charge in [0, 0.05) is 36.7 Å². The number of rotatable bonds is 7. The Hall–Kier alpha value is -4.32. The van der Waals surface area contributed by atoms with Gasteiger partial charge in [-0.05, 0) is 85.2 Å². The molecule has 0 unspecified atom stereocenters. The number of carbonyl (C=O) groups is 2. The summed E-state index contributed by atoms with van der Waals surface area (Å²) in [5.41, 5.74) is 2.26. The second kappa shape index (κ2) is 9.62. The number of methoxy groups -OCH3 is 1. The van der Waals surface area contributed by atoms with Crippen LogP contribution < -0.4 is 15.0 Å². The molecule has 1 aliphatic carbocycles. The Morgan fingerprint density at radius 2 is 2.05 bits per heavy atom. The fourth-order valence-corrected chi connectivity index (χ4v) is 4.95. The fraction of sp³-hybridized carbons (Fsp3) is 0.321. The molecule has 3 heterocycles. The minimum atomic E-state index is -0.965. The largest absolute Gasteiger partial charge is 0.481 e. The molecule has 1 atom stereocenters. The Bertz CT molecular complexity index is 1430. The summed E-state index contributed by atoms with van der Waals surface area (Å²) in [6.07, 6.45) is 3.86. The number of nitrogens with zero attached hydrogens (tertiary/aromatic N) is 4.